The first-order valence-corrected chi connectivity index (χ1v) is 10.7. The number of nitrogens with zero attached hydrogens (tertiary/aromatic N) is 2. The Morgan fingerprint density at radius 2 is 2.03 bits per heavy atom. The van der Waals surface area contributed by atoms with Gasteiger partial charge < -0.3 is 19.3 Å². The van der Waals surface area contributed by atoms with Gasteiger partial charge in [-0.25, -0.2) is 0 Å². The van der Waals surface area contributed by atoms with E-state index in [1.54, 1.807) is 20.4 Å². The van der Waals surface area contributed by atoms with Gasteiger partial charge in [0.05, 0.1) is 19.4 Å². The molecule has 1 aromatic heterocycles. The van der Waals surface area contributed by atoms with Gasteiger partial charge in [0.1, 0.15) is 12.2 Å². The molecule has 3 atom stereocenters. The zero-order chi connectivity index (χ0) is 21.1. The summed E-state index contributed by atoms with van der Waals surface area (Å²) < 4.78 is 16.3. The number of hydrogen-bond acceptors (Lipinski definition) is 6. The van der Waals surface area contributed by atoms with E-state index in [1.807, 2.05) is 25.1 Å². The van der Waals surface area contributed by atoms with Gasteiger partial charge in [-0.3, -0.25) is 9.88 Å². The first-order valence-electron chi connectivity index (χ1n) is 10.7. The van der Waals surface area contributed by atoms with Gasteiger partial charge in [-0.05, 0) is 55.0 Å². The Labute approximate surface area is 178 Å². The molecule has 4 rings (SSSR count). The van der Waals surface area contributed by atoms with Gasteiger partial charge in [0.25, 0.3) is 0 Å². The molecule has 2 aromatic rings. The number of aromatic nitrogens is 1. The van der Waals surface area contributed by atoms with Crippen LogP contribution in [0.25, 0.3) is 0 Å². The third kappa shape index (κ3) is 4.04. The Bertz CT molecular complexity index is 874. The van der Waals surface area contributed by atoms with Crippen molar-refractivity contribution in [2.45, 2.75) is 31.9 Å². The molecule has 1 aromatic carbocycles. The van der Waals surface area contributed by atoms with Crippen molar-refractivity contribution in [2.75, 3.05) is 40.5 Å². The number of fused-ring (bicyclic) bond motifs is 1. The molecule has 0 bridgehead atoms. The number of aliphatic hydroxyl groups is 1. The van der Waals surface area contributed by atoms with Gasteiger partial charge in [-0.1, -0.05) is 12.1 Å². The highest BCUT2D eigenvalue weighted by molar-refractivity contribution is 5.43. The Balaban J connectivity index is 1.46. The molecule has 0 amide bonds. The van der Waals surface area contributed by atoms with Crippen molar-refractivity contribution in [3.8, 4) is 11.5 Å². The van der Waals surface area contributed by atoms with Crippen molar-refractivity contribution < 1.29 is 19.3 Å². The minimum absolute atomic E-state index is 0.224. The molecule has 30 heavy (non-hydrogen) atoms. The molecule has 1 saturated carbocycles. The van der Waals surface area contributed by atoms with Crippen LogP contribution in [0.3, 0.4) is 0 Å². The predicted molar refractivity (Wildman–Crippen MR) is 115 cm³/mol. The van der Waals surface area contributed by atoms with E-state index in [-0.39, 0.29) is 5.92 Å². The van der Waals surface area contributed by atoms with Crippen LogP contribution in [-0.4, -0.2) is 55.5 Å². The van der Waals surface area contributed by atoms with E-state index in [1.165, 1.54) is 5.56 Å². The Hall–Kier alpha value is -2.15. The first-order chi connectivity index (χ1) is 14.5. The van der Waals surface area contributed by atoms with E-state index in [0.29, 0.717) is 19.1 Å². The number of pyridine rings is 1. The summed E-state index contributed by atoms with van der Waals surface area (Å²) in [5.41, 5.74) is 2.30. The molecule has 6 heteroatoms. The number of aryl methyl sites for hydroxylation is 1. The van der Waals surface area contributed by atoms with Crippen LogP contribution in [0.4, 0.5) is 0 Å². The fourth-order valence-electron chi connectivity index (χ4n) is 5.17. The zero-order valence-electron chi connectivity index (χ0n) is 18.1. The molecule has 1 saturated heterocycles. The monoisotopic (exact) mass is 412 g/mol. The third-order valence-electron chi connectivity index (χ3n) is 6.63. The smallest absolute Gasteiger partial charge is 0.161 e. The lowest BCUT2D eigenvalue weighted by atomic mass is 9.83. The molecule has 2 fully saturated rings. The summed E-state index contributed by atoms with van der Waals surface area (Å²) in [6.07, 6.45) is 3.64. The molecule has 162 valence electrons. The molecule has 0 unspecified atom stereocenters. The molecule has 0 radical (unpaired) electrons. The molecule has 1 aliphatic carbocycles. The van der Waals surface area contributed by atoms with Crippen LogP contribution in [0.5, 0.6) is 11.5 Å². The van der Waals surface area contributed by atoms with Crippen molar-refractivity contribution in [1.82, 2.24) is 9.88 Å². The maximum Gasteiger partial charge on any atom is 0.161 e. The first kappa shape index (κ1) is 21.1. The van der Waals surface area contributed by atoms with Crippen molar-refractivity contribution in [3.05, 3.63) is 53.3 Å². The van der Waals surface area contributed by atoms with Crippen molar-refractivity contribution in [1.29, 1.82) is 0 Å². The maximum atomic E-state index is 11.6. The Morgan fingerprint density at radius 1 is 1.17 bits per heavy atom. The fraction of sp³-hybridized carbons (Fsp3) is 0.542. The fourth-order valence-corrected chi connectivity index (χ4v) is 5.17. The summed E-state index contributed by atoms with van der Waals surface area (Å²) in [5.74, 6) is 2.20. The lowest BCUT2D eigenvalue weighted by Crippen LogP contribution is -2.36. The summed E-state index contributed by atoms with van der Waals surface area (Å²) in [7, 11) is 3.31. The summed E-state index contributed by atoms with van der Waals surface area (Å²) in [6.45, 7) is 5.78. The zero-order valence-corrected chi connectivity index (χ0v) is 18.1. The SMILES string of the molecule is COCCOc1cc(CN2C[C@@H]3CC[C@@](O)(c4ncccc4C)[C@@H]3C2)ccc1OC. The maximum absolute atomic E-state index is 11.6. The minimum Gasteiger partial charge on any atom is -0.493 e. The van der Waals surface area contributed by atoms with Gasteiger partial charge in [0.2, 0.25) is 0 Å². The van der Waals surface area contributed by atoms with Crippen LogP contribution >= 0.6 is 0 Å². The molecule has 2 heterocycles. The van der Waals surface area contributed by atoms with Gasteiger partial charge in [0, 0.05) is 38.9 Å². The lowest BCUT2D eigenvalue weighted by molar-refractivity contribution is -0.0114. The second-order valence-corrected chi connectivity index (χ2v) is 8.52. The second-order valence-electron chi connectivity index (χ2n) is 8.52. The van der Waals surface area contributed by atoms with Gasteiger partial charge in [-0.2, -0.15) is 0 Å². The predicted octanol–water partition coefficient (Wildman–Crippen LogP) is 3.15. The summed E-state index contributed by atoms with van der Waals surface area (Å²) in [5, 5.41) is 11.6. The molecule has 2 aliphatic rings. The van der Waals surface area contributed by atoms with E-state index >= 15 is 0 Å². The normalized spacial score (nSPS) is 26.0. The van der Waals surface area contributed by atoms with Crippen molar-refractivity contribution >= 4 is 0 Å². The number of ether oxygens (including phenoxy) is 3. The largest absolute Gasteiger partial charge is 0.493 e. The van der Waals surface area contributed by atoms with E-state index in [4.69, 9.17) is 14.2 Å². The number of rotatable bonds is 8. The molecular formula is C24H32N2O4. The molecule has 1 aliphatic heterocycles. The van der Waals surface area contributed by atoms with Crippen molar-refractivity contribution in [2.24, 2.45) is 11.8 Å². The van der Waals surface area contributed by atoms with Crippen molar-refractivity contribution in [3.63, 3.8) is 0 Å². The van der Waals surface area contributed by atoms with Gasteiger partial charge in [-0.15, -0.1) is 0 Å². The van der Waals surface area contributed by atoms with Crippen LogP contribution < -0.4 is 9.47 Å². The molecule has 6 nitrogen and oxygen atoms in total. The average Bonchev–Trinajstić information content (AvgIpc) is 3.29. The summed E-state index contributed by atoms with van der Waals surface area (Å²) in [4.78, 5) is 7.00. The molecule has 1 N–H and O–H groups in total. The highest BCUT2D eigenvalue weighted by Crippen LogP contribution is 2.50. The molecular weight excluding hydrogens is 380 g/mol. The highest BCUT2D eigenvalue weighted by Gasteiger charge is 2.53. The van der Waals surface area contributed by atoms with E-state index < -0.39 is 5.60 Å². The number of benzene rings is 1. The van der Waals surface area contributed by atoms with Crippen LogP contribution in [0.2, 0.25) is 0 Å². The van der Waals surface area contributed by atoms with E-state index in [9.17, 15) is 5.11 Å². The number of likely N-dealkylation sites (tertiary alicyclic amines) is 1. The van der Waals surface area contributed by atoms with Crippen LogP contribution in [0, 0.1) is 18.8 Å². The third-order valence-corrected chi connectivity index (χ3v) is 6.63. The Kier molecular flexibility index (Phi) is 6.27. The van der Waals surface area contributed by atoms with Crippen LogP contribution in [0.1, 0.15) is 29.7 Å². The number of methoxy groups -OCH3 is 2. The average molecular weight is 413 g/mol. The standard InChI is InChI=1S/C24H32N2O4/c1-17-5-4-10-25-23(17)24(27)9-8-19-15-26(16-20(19)24)14-18-6-7-21(29-3)22(13-18)30-12-11-28-2/h4-7,10,13,19-20,27H,8-9,11-12,14-16H2,1-3H3/t19-,20+,24-/m0/s1. The summed E-state index contributed by atoms with van der Waals surface area (Å²) >= 11 is 0. The highest BCUT2D eigenvalue weighted by atomic mass is 16.5. The van der Waals surface area contributed by atoms with E-state index in [2.05, 4.69) is 22.0 Å². The Morgan fingerprint density at radius 3 is 2.80 bits per heavy atom. The quantitative estimate of drug-likeness (QED) is 0.672. The summed E-state index contributed by atoms with van der Waals surface area (Å²) in [6, 6.07) is 10.1. The van der Waals surface area contributed by atoms with Gasteiger partial charge >= 0.3 is 0 Å². The topological polar surface area (TPSA) is 64.1 Å². The van der Waals surface area contributed by atoms with Crippen LogP contribution in [-0.2, 0) is 16.9 Å². The van der Waals surface area contributed by atoms with Gasteiger partial charge in [0.15, 0.2) is 11.5 Å². The van der Waals surface area contributed by atoms with E-state index in [0.717, 1.165) is 55.2 Å². The van der Waals surface area contributed by atoms with Crippen LogP contribution in [0.15, 0.2) is 36.5 Å². The number of hydrogen-bond donors (Lipinski definition) is 1. The second kappa shape index (κ2) is 8.92. The lowest BCUT2D eigenvalue weighted by Gasteiger charge is -2.31. The molecule has 0 spiro atoms. The minimum atomic E-state index is -0.820.